The number of esters is 1. The van der Waals surface area contributed by atoms with Crippen molar-refractivity contribution >= 4 is 23.0 Å². The van der Waals surface area contributed by atoms with E-state index in [4.69, 9.17) is 0 Å². The lowest BCUT2D eigenvalue weighted by molar-refractivity contribution is -0.393. The molecule has 1 aliphatic rings. The van der Waals surface area contributed by atoms with E-state index in [1.165, 1.54) is 0 Å². The number of piperidine rings is 1. The quantitative estimate of drug-likeness (QED) is 0.471. The minimum Gasteiger partial charge on any atom is -0.465 e. The molecule has 24 heavy (non-hydrogen) atoms. The summed E-state index contributed by atoms with van der Waals surface area (Å²) in [4.78, 5) is 34.9. The molecule has 0 radical (unpaired) electrons. The third-order valence-electron chi connectivity index (χ3n) is 4.10. The van der Waals surface area contributed by atoms with Gasteiger partial charge in [-0.1, -0.05) is 13.8 Å². The van der Waals surface area contributed by atoms with Crippen molar-refractivity contribution in [2.45, 2.75) is 26.7 Å². The highest BCUT2D eigenvalue weighted by Gasteiger charge is 2.35. The monoisotopic (exact) mass is 337 g/mol. The van der Waals surface area contributed by atoms with Crippen molar-refractivity contribution in [1.82, 2.24) is 0 Å². The van der Waals surface area contributed by atoms with Crippen molar-refractivity contribution in [3.05, 3.63) is 37.9 Å². The van der Waals surface area contributed by atoms with E-state index in [1.807, 2.05) is 13.8 Å². The highest BCUT2D eigenvalue weighted by Crippen LogP contribution is 2.40. The van der Waals surface area contributed by atoms with E-state index in [1.54, 1.807) is 4.90 Å². The second-order valence-electron chi connectivity index (χ2n) is 6.56. The van der Waals surface area contributed by atoms with Crippen molar-refractivity contribution < 1.29 is 19.4 Å². The molecule has 2 rings (SSSR count). The summed E-state index contributed by atoms with van der Waals surface area (Å²) in [5.74, 6) is -0.833. The summed E-state index contributed by atoms with van der Waals surface area (Å²) in [5.41, 5.74) is -1.12. The average molecular weight is 337 g/mol. The zero-order chi connectivity index (χ0) is 18.1. The topological polar surface area (TPSA) is 116 Å². The predicted molar refractivity (Wildman–Crippen MR) is 86.3 cm³/mol. The Morgan fingerprint density at radius 1 is 1.25 bits per heavy atom. The Morgan fingerprint density at radius 3 is 2.42 bits per heavy atom. The molecule has 0 aliphatic carbocycles. The molecule has 0 aromatic heterocycles. The number of nitro benzene ring substituents is 2. The molecule has 0 saturated carbocycles. The van der Waals surface area contributed by atoms with Crippen LogP contribution in [0.2, 0.25) is 0 Å². The molecule has 0 unspecified atom stereocenters. The van der Waals surface area contributed by atoms with Gasteiger partial charge >= 0.3 is 5.97 Å². The van der Waals surface area contributed by atoms with Crippen LogP contribution in [0, 0.1) is 25.6 Å². The Bertz CT molecular complexity index is 701. The number of rotatable bonds is 4. The third kappa shape index (κ3) is 3.44. The number of methoxy groups -OCH3 is 1. The fraction of sp³-hybridized carbons (Fsp3) is 0.533. The molecule has 0 atom stereocenters. The molecule has 0 amide bonds. The molecule has 1 aromatic carbocycles. The Labute approximate surface area is 138 Å². The standard InChI is InChI=1S/C15H19N3O6/c1-15(2)5-4-6-16(9-15)13-11(14(19)24-3)7-10(17(20)21)8-12(13)18(22)23/h7-8H,4-6,9H2,1-3H3. The third-order valence-corrected chi connectivity index (χ3v) is 4.10. The van der Waals surface area contributed by atoms with Gasteiger partial charge in [0, 0.05) is 19.2 Å². The number of hydrogen-bond donors (Lipinski definition) is 0. The van der Waals surface area contributed by atoms with Gasteiger partial charge in [0.15, 0.2) is 0 Å². The fourth-order valence-electron chi connectivity index (χ4n) is 3.06. The van der Waals surface area contributed by atoms with Gasteiger partial charge in [-0.05, 0) is 18.3 Å². The van der Waals surface area contributed by atoms with Crippen LogP contribution < -0.4 is 4.90 Å². The van der Waals surface area contributed by atoms with Gasteiger partial charge < -0.3 is 9.64 Å². The van der Waals surface area contributed by atoms with E-state index in [0.717, 1.165) is 32.1 Å². The number of carbonyl (C=O) groups excluding carboxylic acids is 1. The summed E-state index contributed by atoms with van der Waals surface area (Å²) in [6, 6.07) is 1.93. The van der Waals surface area contributed by atoms with E-state index in [2.05, 4.69) is 4.74 Å². The minimum absolute atomic E-state index is 0.0821. The summed E-state index contributed by atoms with van der Waals surface area (Å²) >= 11 is 0. The van der Waals surface area contributed by atoms with Crippen molar-refractivity contribution in [1.29, 1.82) is 0 Å². The molecule has 0 N–H and O–H groups in total. The van der Waals surface area contributed by atoms with Crippen LogP contribution in [0.3, 0.4) is 0 Å². The number of nitrogens with zero attached hydrogens (tertiary/aromatic N) is 3. The maximum Gasteiger partial charge on any atom is 0.340 e. The largest absolute Gasteiger partial charge is 0.465 e. The summed E-state index contributed by atoms with van der Waals surface area (Å²) in [5, 5.41) is 22.5. The Kier molecular flexibility index (Phi) is 4.72. The van der Waals surface area contributed by atoms with E-state index >= 15 is 0 Å². The number of anilines is 1. The minimum atomic E-state index is -0.833. The van der Waals surface area contributed by atoms with Crippen LogP contribution in [0.4, 0.5) is 17.1 Å². The molecule has 1 aromatic rings. The zero-order valence-corrected chi connectivity index (χ0v) is 13.8. The smallest absolute Gasteiger partial charge is 0.340 e. The molecule has 9 nitrogen and oxygen atoms in total. The summed E-state index contributed by atoms with van der Waals surface area (Å²) in [7, 11) is 1.14. The number of hydrogen-bond acceptors (Lipinski definition) is 7. The van der Waals surface area contributed by atoms with Gasteiger partial charge in [0.05, 0.1) is 28.6 Å². The zero-order valence-electron chi connectivity index (χ0n) is 13.8. The Balaban J connectivity index is 2.68. The van der Waals surface area contributed by atoms with Crippen LogP contribution in [0.15, 0.2) is 12.1 Å². The highest BCUT2D eigenvalue weighted by molar-refractivity contribution is 5.99. The summed E-state index contributed by atoms with van der Waals surface area (Å²) < 4.78 is 4.68. The molecule has 1 heterocycles. The maximum atomic E-state index is 12.1. The first-order valence-corrected chi connectivity index (χ1v) is 7.46. The number of nitro groups is 2. The van der Waals surface area contributed by atoms with Gasteiger partial charge in [-0.2, -0.15) is 0 Å². The predicted octanol–water partition coefficient (Wildman–Crippen LogP) is 2.92. The first-order chi connectivity index (χ1) is 11.2. The van der Waals surface area contributed by atoms with Crippen LogP contribution in [0.1, 0.15) is 37.0 Å². The Morgan fingerprint density at radius 2 is 1.92 bits per heavy atom. The lowest BCUT2D eigenvalue weighted by Crippen LogP contribution is -2.41. The first kappa shape index (κ1) is 17.6. The molecule has 0 bridgehead atoms. The van der Waals surface area contributed by atoms with Crippen molar-refractivity contribution in [2.75, 3.05) is 25.1 Å². The molecular weight excluding hydrogens is 318 g/mol. The lowest BCUT2D eigenvalue weighted by atomic mass is 9.83. The van der Waals surface area contributed by atoms with Crippen molar-refractivity contribution in [2.24, 2.45) is 5.41 Å². The second kappa shape index (κ2) is 6.42. The molecule has 0 spiro atoms. The SMILES string of the molecule is COC(=O)c1cc([N+](=O)[O-])cc([N+](=O)[O-])c1N1CCCC(C)(C)C1. The summed E-state index contributed by atoms with van der Waals surface area (Å²) in [6.45, 7) is 5.12. The van der Waals surface area contributed by atoms with Crippen LogP contribution in [0.25, 0.3) is 0 Å². The van der Waals surface area contributed by atoms with Crippen LogP contribution in [-0.2, 0) is 4.74 Å². The number of carbonyl (C=O) groups is 1. The number of non-ortho nitro benzene ring substituents is 1. The molecule has 9 heteroatoms. The van der Waals surface area contributed by atoms with Gasteiger partial charge in [-0.3, -0.25) is 20.2 Å². The molecule has 1 saturated heterocycles. The van der Waals surface area contributed by atoms with E-state index in [9.17, 15) is 25.0 Å². The first-order valence-electron chi connectivity index (χ1n) is 7.46. The normalized spacial score (nSPS) is 16.5. The van der Waals surface area contributed by atoms with Gasteiger partial charge in [-0.25, -0.2) is 4.79 Å². The van der Waals surface area contributed by atoms with E-state index < -0.39 is 27.2 Å². The van der Waals surface area contributed by atoms with Crippen LogP contribution in [-0.4, -0.2) is 36.0 Å². The molecule has 1 fully saturated rings. The second-order valence-corrected chi connectivity index (χ2v) is 6.56. The van der Waals surface area contributed by atoms with E-state index in [0.29, 0.717) is 13.1 Å². The number of benzene rings is 1. The highest BCUT2D eigenvalue weighted by atomic mass is 16.6. The average Bonchev–Trinajstić information content (AvgIpc) is 2.51. The van der Waals surface area contributed by atoms with Crippen molar-refractivity contribution in [3.63, 3.8) is 0 Å². The van der Waals surface area contributed by atoms with Crippen molar-refractivity contribution in [3.8, 4) is 0 Å². The van der Waals surface area contributed by atoms with Gasteiger partial charge in [-0.15, -0.1) is 0 Å². The molecular formula is C15H19N3O6. The number of ether oxygens (including phenoxy) is 1. The Hall–Kier alpha value is -2.71. The molecule has 130 valence electrons. The van der Waals surface area contributed by atoms with Gasteiger partial charge in [0.1, 0.15) is 5.69 Å². The van der Waals surface area contributed by atoms with Gasteiger partial charge in [0.25, 0.3) is 11.4 Å². The lowest BCUT2D eigenvalue weighted by Gasteiger charge is -2.39. The van der Waals surface area contributed by atoms with Crippen LogP contribution in [0.5, 0.6) is 0 Å². The van der Waals surface area contributed by atoms with Crippen LogP contribution >= 0.6 is 0 Å². The fourth-order valence-corrected chi connectivity index (χ4v) is 3.06. The molecule has 1 aliphatic heterocycles. The summed E-state index contributed by atoms with van der Waals surface area (Å²) in [6.07, 6.45) is 1.76. The van der Waals surface area contributed by atoms with E-state index in [-0.39, 0.29) is 16.7 Å². The maximum absolute atomic E-state index is 12.1. The van der Waals surface area contributed by atoms with Gasteiger partial charge in [0.2, 0.25) is 0 Å².